The van der Waals surface area contributed by atoms with Crippen molar-refractivity contribution in [1.29, 1.82) is 0 Å². The van der Waals surface area contributed by atoms with Gasteiger partial charge in [-0.15, -0.1) is 0 Å². The molecule has 16 heteroatoms. The minimum atomic E-state index is -4.70. The lowest BCUT2D eigenvalue weighted by Gasteiger charge is -2.17. The lowest BCUT2D eigenvalue weighted by molar-refractivity contribution is -0.137. The van der Waals surface area contributed by atoms with Gasteiger partial charge < -0.3 is 26.6 Å². The highest BCUT2D eigenvalue weighted by Crippen LogP contribution is 2.34. The lowest BCUT2D eigenvalue weighted by atomic mass is 10.1. The maximum absolute atomic E-state index is 14.7. The van der Waals surface area contributed by atoms with Crippen molar-refractivity contribution in [2.24, 2.45) is 0 Å². The van der Waals surface area contributed by atoms with Crippen molar-refractivity contribution in [3.63, 3.8) is 0 Å². The molecule has 0 radical (unpaired) electrons. The SMILES string of the molecule is CC(C)(F)F.CC(C)Nc1ncc(-c2cc(N)cc(C(F)(F)F)c2)n(CC(=O)NCc2ccc3c(N)noc3c2F)c1=O. The molecule has 6 N–H and O–H groups in total. The van der Waals surface area contributed by atoms with Crippen LogP contribution in [0.5, 0.6) is 0 Å². The van der Waals surface area contributed by atoms with Crippen molar-refractivity contribution < 1.29 is 35.7 Å². The molecule has 4 rings (SSSR count). The summed E-state index contributed by atoms with van der Waals surface area (Å²) < 4.78 is 82.8. The summed E-state index contributed by atoms with van der Waals surface area (Å²) in [6.45, 7) is 4.35. The Kier molecular flexibility index (Phi) is 9.62. The molecule has 0 aliphatic heterocycles. The number of nitrogens with zero attached hydrogens (tertiary/aromatic N) is 3. The highest BCUT2D eigenvalue weighted by atomic mass is 19.4. The molecule has 0 saturated heterocycles. The van der Waals surface area contributed by atoms with Crippen molar-refractivity contribution in [3.8, 4) is 11.3 Å². The molecule has 2 aromatic heterocycles. The first kappa shape index (κ1) is 32.8. The summed E-state index contributed by atoms with van der Waals surface area (Å²) in [7, 11) is 0. The normalized spacial score (nSPS) is 11.8. The van der Waals surface area contributed by atoms with Gasteiger partial charge in [0.1, 0.15) is 6.54 Å². The Balaban J connectivity index is 0.000000934. The third-order valence-corrected chi connectivity index (χ3v) is 5.52. The van der Waals surface area contributed by atoms with Gasteiger partial charge in [0.15, 0.2) is 17.5 Å². The summed E-state index contributed by atoms with van der Waals surface area (Å²) in [6.07, 6.45) is -3.52. The number of nitrogen functional groups attached to an aromatic ring is 2. The highest BCUT2D eigenvalue weighted by molar-refractivity contribution is 5.87. The summed E-state index contributed by atoms with van der Waals surface area (Å²) in [5, 5.41) is 9.11. The van der Waals surface area contributed by atoms with Gasteiger partial charge in [0.25, 0.3) is 5.56 Å². The van der Waals surface area contributed by atoms with E-state index in [1.165, 1.54) is 24.4 Å². The van der Waals surface area contributed by atoms with E-state index in [9.17, 15) is 35.9 Å². The smallest absolute Gasteiger partial charge is 0.399 e. The number of hydrogen-bond acceptors (Lipinski definition) is 8. The molecule has 0 saturated carbocycles. The zero-order valence-electron chi connectivity index (χ0n) is 23.4. The van der Waals surface area contributed by atoms with Crippen LogP contribution in [-0.2, 0) is 24.1 Å². The Morgan fingerprint density at radius 3 is 2.35 bits per heavy atom. The molecule has 0 spiro atoms. The summed E-state index contributed by atoms with van der Waals surface area (Å²) >= 11 is 0. The molecule has 0 bridgehead atoms. The molecule has 43 heavy (non-hydrogen) atoms. The van der Waals surface area contributed by atoms with E-state index in [2.05, 4.69) is 20.8 Å². The van der Waals surface area contributed by atoms with Crippen LogP contribution in [0.25, 0.3) is 22.2 Å². The fourth-order valence-electron chi connectivity index (χ4n) is 3.77. The van der Waals surface area contributed by atoms with Crippen LogP contribution in [0.3, 0.4) is 0 Å². The van der Waals surface area contributed by atoms with E-state index >= 15 is 0 Å². The molecule has 0 aliphatic carbocycles. The Hall–Kier alpha value is -4.76. The van der Waals surface area contributed by atoms with Gasteiger partial charge in [-0.3, -0.25) is 14.2 Å². The van der Waals surface area contributed by atoms with Crippen molar-refractivity contribution in [1.82, 2.24) is 20.0 Å². The van der Waals surface area contributed by atoms with E-state index < -0.39 is 41.5 Å². The van der Waals surface area contributed by atoms with Crippen LogP contribution in [0.2, 0.25) is 0 Å². The third-order valence-electron chi connectivity index (χ3n) is 5.52. The van der Waals surface area contributed by atoms with Crippen LogP contribution in [0, 0.1) is 5.82 Å². The highest BCUT2D eigenvalue weighted by Gasteiger charge is 2.31. The number of nitrogens with two attached hydrogens (primary N) is 2. The standard InChI is InChI=1S/C24H23F4N7O3.C3H6F2/c1-11(2)33-22-23(37)35(17(9-32-22)13-5-14(24(26,27)28)7-15(29)6-13)10-18(36)31-8-12-3-4-16-20(19(12)25)38-34-21(16)30;1-3(2,4)5/h3-7,9,11H,8,10,29H2,1-2H3,(H2,30,34)(H,31,36)(H,32,33);1-2H3. The first-order chi connectivity index (χ1) is 19.8. The molecule has 0 atom stereocenters. The monoisotopic (exact) mass is 613 g/mol. The Morgan fingerprint density at radius 1 is 1.09 bits per heavy atom. The minimum absolute atomic E-state index is 0.0140. The van der Waals surface area contributed by atoms with Gasteiger partial charge >= 0.3 is 6.18 Å². The summed E-state index contributed by atoms with van der Waals surface area (Å²) in [4.78, 5) is 30.1. The largest absolute Gasteiger partial charge is 0.416 e. The fourth-order valence-corrected chi connectivity index (χ4v) is 3.77. The number of fused-ring (bicyclic) bond motifs is 1. The second-order valence-electron chi connectivity index (χ2n) is 10.1. The number of anilines is 3. The number of alkyl halides is 5. The number of aromatic nitrogens is 3. The van der Waals surface area contributed by atoms with E-state index in [0.29, 0.717) is 0 Å². The quantitative estimate of drug-likeness (QED) is 0.164. The predicted molar refractivity (Wildman–Crippen MR) is 149 cm³/mol. The number of halogens is 6. The van der Waals surface area contributed by atoms with Gasteiger partial charge in [0.05, 0.1) is 22.8 Å². The first-order valence-corrected chi connectivity index (χ1v) is 12.7. The van der Waals surface area contributed by atoms with Gasteiger partial charge in [0.2, 0.25) is 17.4 Å². The van der Waals surface area contributed by atoms with Crippen LogP contribution in [0.1, 0.15) is 38.8 Å². The summed E-state index contributed by atoms with van der Waals surface area (Å²) in [6, 6.07) is 5.49. The molecule has 4 aromatic rings. The van der Waals surface area contributed by atoms with E-state index in [4.69, 9.17) is 16.0 Å². The molecule has 2 aromatic carbocycles. The number of hydrogen-bond donors (Lipinski definition) is 4. The lowest BCUT2D eigenvalue weighted by Crippen LogP contribution is -2.35. The average molecular weight is 614 g/mol. The number of amides is 1. The van der Waals surface area contributed by atoms with Gasteiger partial charge in [-0.05, 0) is 52.0 Å². The molecule has 10 nitrogen and oxygen atoms in total. The summed E-state index contributed by atoms with van der Waals surface area (Å²) in [5.41, 5.74) is 9.10. The Labute approximate surface area is 241 Å². The van der Waals surface area contributed by atoms with Gasteiger partial charge in [0, 0.05) is 29.4 Å². The predicted octanol–water partition coefficient (Wildman–Crippen LogP) is 5.17. The van der Waals surface area contributed by atoms with Crippen LogP contribution < -0.4 is 27.7 Å². The molecule has 0 fully saturated rings. The molecule has 1 amide bonds. The Bertz CT molecular complexity index is 1670. The van der Waals surface area contributed by atoms with Crippen molar-refractivity contribution in [3.05, 3.63) is 63.8 Å². The maximum atomic E-state index is 14.7. The topological polar surface area (TPSA) is 154 Å². The van der Waals surface area contributed by atoms with E-state index in [-0.39, 0.29) is 57.7 Å². The second-order valence-corrected chi connectivity index (χ2v) is 10.1. The second kappa shape index (κ2) is 12.6. The van der Waals surface area contributed by atoms with Crippen LogP contribution in [-0.4, -0.2) is 32.6 Å². The number of carbonyl (C=O) groups excluding carboxylic acids is 1. The van der Waals surface area contributed by atoms with Gasteiger partial charge in [-0.2, -0.15) is 13.2 Å². The van der Waals surface area contributed by atoms with Crippen molar-refractivity contribution in [2.75, 3.05) is 16.8 Å². The van der Waals surface area contributed by atoms with E-state index in [0.717, 1.165) is 30.5 Å². The third kappa shape index (κ3) is 8.62. The van der Waals surface area contributed by atoms with Crippen LogP contribution in [0.4, 0.5) is 43.7 Å². The van der Waals surface area contributed by atoms with Gasteiger partial charge in [-0.1, -0.05) is 11.2 Å². The van der Waals surface area contributed by atoms with E-state index in [1.54, 1.807) is 13.8 Å². The zero-order valence-corrected chi connectivity index (χ0v) is 23.4. The number of carbonyl (C=O) groups is 1. The molecule has 0 unspecified atom stereocenters. The zero-order chi connectivity index (χ0) is 32.3. The number of benzene rings is 2. The molecule has 2 heterocycles. The number of rotatable bonds is 7. The molecule has 232 valence electrons. The van der Waals surface area contributed by atoms with Crippen LogP contribution in [0.15, 0.2) is 45.8 Å². The Morgan fingerprint density at radius 2 is 1.74 bits per heavy atom. The first-order valence-electron chi connectivity index (χ1n) is 12.7. The van der Waals surface area contributed by atoms with Crippen molar-refractivity contribution >= 4 is 34.2 Å². The minimum Gasteiger partial charge on any atom is -0.399 e. The number of nitrogens with one attached hydrogen (secondary N) is 2. The average Bonchev–Trinajstić information content (AvgIpc) is 3.25. The van der Waals surface area contributed by atoms with Gasteiger partial charge in [-0.25, -0.2) is 18.2 Å². The van der Waals surface area contributed by atoms with E-state index in [1.807, 2.05) is 0 Å². The molecular weight excluding hydrogens is 584 g/mol. The van der Waals surface area contributed by atoms with Crippen molar-refractivity contribution in [2.45, 2.75) is 58.9 Å². The van der Waals surface area contributed by atoms with Crippen LogP contribution >= 0.6 is 0 Å². The molecular formula is C27H29F6N7O3. The summed E-state index contributed by atoms with van der Waals surface area (Å²) in [5.74, 6) is -4.07. The fraction of sp³-hybridized carbons (Fsp3) is 0.333. The molecule has 0 aliphatic rings. The maximum Gasteiger partial charge on any atom is 0.416 e.